The van der Waals surface area contributed by atoms with Crippen LogP contribution < -0.4 is 4.90 Å². The SMILES string of the molecule is O=C(OC1CC2CCC(C1)N2c1ccc2c(C(=O)O)noc2c1)c1c(-c2c(Cl)cccc2Cl)noc1C1CC1. The maximum atomic E-state index is 13.6. The minimum absolute atomic E-state index is 0.0955. The van der Waals surface area contributed by atoms with E-state index in [1.807, 2.05) is 12.1 Å². The molecule has 1 saturated carbocycles. The van der Waals surface area contributed by atoms with E-state index in [1.165, 1.54) is 0 Å². The molecule has 2 bridgehead atoms. The predicted molar refractivity (Wildman–Crippen MR) is 143 cm³/mol. The molecule has 7 rings (SSSR count). The van der Waals surface area contributed by atoms with Gasteiger partial charge in [-0.15, -0.1) is 0 Å². The fourth-order valence-electron chi connectivity index (χ4n) is 6.12. The molecule has 0 radical (unpaired) electrons. The summed E-state index contributed by atoms with van der Waals surface area (Å²) in [6, 6.07) is 11.0. The van der Waals surface area contributed by atoms with Crippen LogP contribution in [0.25, 0.3) is 22.2 Å². The van der Waals surface area contributed by atoms with E-state index in [9.17, 15) is 14.7 Å². The lowest BCUT2D eigenvalue weighted by Crippen LogP contribution is -2.46. The maximum absolute atomic E-state index is 13.6. The highest BCUT2D eigenvalue weighted by atomic mass is 35.5. The van der Waals surface area contributed by atoms with E-state index in [1.54, 1.807) is 24.3 Å². The van der Waals surface area contributed by atoms with Gasteiger partial charge in [-0.25, -0.2) is 9.59 Å². The van der Waals surface area contributed by atoms with Gasteiger partial charge in [-0.05, 0) is 49.9 Å². The molecule has 2 unspecified atom stereocenters. The van der Waals surface area contributed by atoms with Crippen LogP contribution in [0.15, 0.2) is 45.4 Å². The molecule has 4 aromatic rings. The van der Waals surface area contributed by atoms with Crippen molar-refractivity contribution in [3.63, 3.8) is 0 Å². The number of esters is 1. The second-order valence-electron chi connectivity index (χ2n) is 10.4. The fourth-order valence-corrected chi connectivity index (χ4v) is 6.69. The van der Waals surface area contributed by atoms with Crippen LogP contribution in [0.5, 0.6) is 0 Å². The van der Waals surface area contributed by atoms with Gasteiger partial charge >= 0.3 is 11.9 Å². The Kier molecular flexibility index (Phi) is 5.82. The average Bonchev–Trinajstić information content (AvgIpc) is 3.40. The first-order valence-corrected chi connectivity index (χ1v) is 13.7. The lowest BCUT2D eigenvalue weighted by molar-refractivity contribution is 0.0202. The first kappa shape index (κ1) is 24.5. The summed E-state index contributed by atoms with van der Waals surface area (Å²) in [5.41, 5.74) is 2.38. The first-order valence-electron chi connectivity index (χ1n) is 12.9. The summed E-state index contributed by atoms with van der Waals surface area (Å²) >= 11 is 12.9. The van der Waals surface area contributed by atoms with Gasteiger partial charge in [-0.2, -0.15) is 0 Å². The van der Waals surface area contributed by atoms with E-state index in [4.69, 9.17) is 37.0 Å². The molecule has 0 spiro atoms. The lowest BCUT2D eigenvalue weighted by atomic mass is 9.98. The van der Waals surface area contributed by atoms with Crippen molar-refractivity contribution in [2.24, 2.45) is 0 Å². The molecule has 39 heavy (non-hydrogen) atoms. The monoisotopic (exact) mass is 567 g/mol. The van der Waals surface area contributed by atoms with Crippen LogP contribution >= 0.6 is 23.2 Å². The summed E-state index contributed by atoms with van der Waals surface area (Å²) in [4.78, 5) is 27.4. The van der Waals surface area contributed by atoms with Crippen LogP contribution in [0.3, 0.4) is 0 Å². The number of hydrogen-bond donors (Lipinski definition) is 1. The zero-order valence-corrected chi connectivity index (χ0v) is 22.1. The Morgan fingerprint density at radius 1 is 0.974 bits per heavy atom. The van der Waals surface area contributed by atoms with Crippen LogP contribution in [0.2, 0.25) is 10.0 Å². The first-order chi connectivity index (χ1) is 18.9. The molecule has 1 aliphatic carbocycles. The van der Waals surface area contributed by atoms with Crippen molar-refractivity contribution >= 4 is 51.8 Å². The second kappa shape index (κ2) is 9.27. The Balaban J connectivity index is 1.13. The van der Waals surface area contributed by atoms with Gasteiger partial charge in [0.05, 0.1) is 15.4 Å². The molecule has 2 aliphatic heterocycles. The summed E-state index contributed by atoms with van der Waals surface area (Å²) in [5, 5.41) is 18.5. The van der Waals surface area contributed by atoms with Crippen molar-refractivity contribution in [1.29, 1.82) is 0 Å². The Morgan fingerprint density at radius 3 is 2.36 bits per heavy atom. The molecule has 3 fully saturated rings. The number of aromatic nitrogens is 2. The molecule has 200 valence electrons. The van der Waals surface area contributed by atoms with Gasteiger partial charge in [0, 0.05) is 48.2 Å². The average molecular weight is 568 g/mol. The zero-order valence-electron chi connectivity index (χ0n) is 20.6. The number of halogens is 2. The highest BCUT2D eigenvalue weighted by Gasteiger charge is 2.44. The van der Waals surface area contributed by atoms with Crippen molar-refractivity contribution < 1.29 is 28.5 Å². The number of anilines is 1. The van der Waals surface area contributed by atoms with Crippen LogP contribution in [-0.2, 0) is 4.74 Å². The molecular formula is C28H23Cl2N3O6. The topological polar surface area (TPSA) is 119 Å². The molecule has 2 saturated heterocycles. The third-order valence-electron chi connectivity index (χ3n) is 7.99. The fraction of sp³-hybridized carbons (Fsp3) is 0.357. The molecule has 2 aromatic heterocycles. The number of piperidine rings is 1. The second-order valence-corrected chi connectivity index (χ2v) is 11.3. The van der Waals surface area contributed by atoms with Crippen molar-refractivity contribution in [3.8, 4) is 11.3 Å². The van der Waals surface area contributed by atoms with E-state index in [-0.39, 0.29) is 29.8 Å². The van der Waals surface area contributed by atoms with Gasteiger partial charge < -0.3 is 23.8 Å². The van der Waals surface area contributed by atoms with Crippen molar-refractivity contribution in [1.82, 2.24) is 10.3 Å². The normalized spacial score (nSPS) is 22.4. The van der Waals surface area contributed by atoms with Crippen molar-refractivity contribution in [3.05, 3.63) is 63.5 Å². The number of carbonyl (C=O) groups excluding carboxylic acids is 1. The van der Waals surface area contributed by atoms with Gasteiger partial charge in [-0.3, -0.25) is 0 Å². The van der Waals surface area contributed by atoms with E-state index in [0.29, 0.717) is 56.4 Å². The van der Waals surface area contributed by atoms with Crippen molar-refractivity contribution in [2.75, 3.05) is 4.90 Å². The number of rotatable bonds is 6. The molecule has 2 atom stereocenters. The highest BCUT2D eigenvalue weighted by molar-refractivity contribution is 6.39. The Morgan fingerprint density at radius 2 is 1.69 bits per heavy atom. The number of aromatic carboxylic acids is 1. The number of carbonyl (C=O) groups is 2. The quantitative estimate of drug-likeness (QED) is 0.253. The summed E-state index contributed by atoms with van der Waals surface area (Å²) in [7, 11) is 0. The molecular weight excluding hydrogens is 545 g/mol. The number of hydrogen-bond acceptors (Lipinski definition) is 8. The molecule has 3 aliphatic rings. The summed E-state index contributed by atoms with van der Waals surface area (Å²) in [6.45, 7) is 0. The van der Waals surface area contributed by atoms with Crippen LogP contribution in [0, 0.1) is 0 Å². The van der Waals surface area contributed by atoms with Gasteiger partial charge in [0.25, 0.3) is 0 Å². The van der Waals surface area contributed by atoms with Crippen LogP contribution in [-0.4, -0.2) is 45.5 Å². The van der Waals surface area contributed by atoms with Gasteiger partial charge in [0.2, 0.25) is 0 Å². The maximum Gasteiger partial charge on any atom is 0.358 e. The smallest absolute Gasteiger partial charge is 0.358 e. The van der Waals surface area contributed by atoms with Gasteiger partial charge in [0.15, 0.2) is 17.0 Å². The number of carboxylic acids is 1. The Hall–Kier alpha value is -3.56. The number of nitrogens with zero attached hydrogens (tertiary/aromatic N) is 3. The molecule has 4 heterocycles. The highest BCUT2D eigenvalue weighted by Crippen LogP contribution is 2.47. The number of ether oxygens (including phenoxy) is 1. The molecule has 11 heteroatoms. The summed E-state index contributed by atoms with van der Waals surface area (Å²) in [6.07, 6.45) is 4.86. The minimum Gasteiger partial charge on any atom is -0.476 e. The third kappa shape index (κ3) is 4.15. The largest absolute Gasteiger partial charge is 0.476 e. The molecule has 1 N–H and O–H groups in total. The standard InChI is InChI=1S/C28H23Cl2N3O6/c29-19-2-1-3-20(30)22(19)25-23(26(39-32-25)13-4-5-13)28(36)37-17-10-14-6-7-15(11-17)33(14)16-8-9-18-21(12-16)38-31-24(18)27(34)35/h1-3,8-9,12-15,17H,4-7,10-11H2,(H,34,35). The minimum atomic E-state index is -1.12. The van der Waals surface area contributed by atoms with Crippen LogP contribution in [0.4, 0.5) is 5.69 Å². The Bertz CT molecular complexity index is 1590. The third-order valence-corrected chi connectivity index (χ3v) is 8.62. The van der Waals surface area contributed by atoms with Gasteiger partial charge in [-0.1, -0.05) is 39.6 Å². The Labute approximate surface area is 232 Å². The molecule has 0 amide bonds. The summed E-state index contributed by atoms with van der Waals surface area (Å²) < 4.78 is 17.1. The van der Waals surface area contributed by atoms with E-state index < -0.39 is 11.9 Å². The van der Waals surface area contributed by atoms with Crippen LogP contribution in [0.1, 0.15) is 71.0 Å². The lowest BCUT2D eigenvalue weighted by Gasteiger charge is -2.40. The number of benzene rings is 2. The zero-order chi connectivity index (χ0) is 26.8. The number of carboxylic acid groups (broad SMARTS) is 1. The van der Waals surface area contributed by atoms with Crippen molar-refractivity contribution in [2.45, 2.75) is 62.6 Å². The summed E-state index contributed by atoms with van der Waals surface area (Å²) in [5.74, 6) is -0.915. The van der Waals surface area contributed by atoms with E-state index in [0.717, 1.165) is 31.4 Å². The molecule has 9 nitrogen and oxygen atoms in total. The number of fused-ring (bicyclic) bond motifs is 3. The van der Waals surface area contributed by atoms with Gasteiger partial charge in [0.1, 0.15) is 17.4 Å². The van der Waals surface area contributed by atoms with E-state index >= 15 is 0 Å². The predicted octanol–water partition coefficient (Wildman–Crippen LogP) is 6.72. The molecule has 2 aromatic carbocycles. The van der Waals surface area contributed by atoms with E-state index in [2.05, 4.69) is 15.2 Å².